The Morgan fingerprint density at radius 3 is 2.25 bits per heavy atom. The van der Waals surface area contributed by atoms with Crippen LogP contribution in [0.2, 0.25) is 0 Å². The lowest BCUT2D eigenvalue weighted by molar-refractivity contribution is 0.306. The smallest absolute Gasteiger partial charge is 0.124 e. The number of nitrogens with one attached hydrogen (secondary N) is 1. The van der Waals surface area contributed by atoms with Crippen molar-refractivity contribution in [3.63, 3.8) is 0 Å². The molecule has 1 aliphatic rings. The van der Waals surface area contributed by atoms with Crippen molar-refractivity contribution in [3.8, 4) is 5.75 Å². The SMILES string of the molecule is CCCOc1ccccc1C(NC)C1C(C)(C)C1(C)C. The minimum Gasteiger partial charge on any atom is -0.493 e. The zero-order valence-corrected chi connectivity index (χ0v) is 13.8. The molecular formula is C18H29NO. The summed E-state index contributed by atoms with van der Waals surface area (Å²) in [6.45, 7) is 12.4. The van der Waals surface area contributed by atoms with Crippen LogP contribution >= 0.6 is 0 Å². The van der Waals surface area contributed by atoms with Gasteiger partial charge in [0.15, 0.2) is 0 Å². The zero-order chi connectivity index (χ0) is 15.0. The minimum absolute atomic E-state index is 0.355. The highest BCUT2D eigenvalue weighted by Gasteiger charge is 2.67. The second-order valence-electron chi connectivity index (χ2n) is 7.07. The Kier molecular flexibility index (Phi) is 4.15. The first-order chi connectivity index (χ1) is 9.37. The minimum atomic E-state index is 0.355. The molecule has 1 aliphatic carbocycles. The van der Waals surface area contributed by atoms with Crippen LogP contribution in [0, 0.1) is 16.7 Å². The monoisotopic (exact) mass is 275 g/mol. The van der Waals surface area contributed by atoms with E-state index >= 15 is 0 Å². The fourth-order valence-corrected chi connectivity index (χ4v) is 3.66. The number of para-hydroxylation sites is 1. The average molecular weight is 275 g/mol. The molecule has 2 rings (SSSR count). The van der Waals surface area contributed by atoms with Gasteiger partial charge < -0.3 is 10.1 Å². The molecule has 1 fully saturated rings. The lowest BCUT2D eigenvalue weighted by Gasteiger charge is -2.22. The lowest BCUT2D eigenvalue weighted by atomic mass is 9.96. The molecule has 1 saturated carbocycles. The molecule has 112 valence electrons. The van der Waals surface area contributed by atoms with E-state index in [1.807, 2.05) is 0 Å². The van der Waals surface area contributed by atoms with Crippen molar-refractivity contribution in [2.45, 2.75) is 47.1 Å². The maximum Gasteiger partial charge on any atom is 0.124 e. The molecule has 1 atom stereocenters. The molecule has 0 saturated heterocycles. The van der Waals surface area contributed by atoms with Crippen molar-refractivity contribution in [1.82, 2.24) is 5.32 Å². The fourth-order valence-electron chi connectivity index (χ4n) is 3.66. The molecule has 20 heavy (non-hydrogen) atoms. The van der Waals surface area contributed by atoms with Crippen LogP contribution in [0.5, 0.6) is 5.75 Å². The Hall–Kier alpha value is -1.02. The quantitative estimate of drug-likeness (QED) is 0.830. The van der Waals surface area contributed by atoms with Crippen molar-refractivity contribution < 1.29 is 4.74 Å². The summed E-state index contributed by atoms with van der Waals surface area (Å²) in [6.07, 6.45) is 1.04. The number of hydrogen-bond acceptors (Lipinski definition) is 2. The summed E-state index contributed by atoms with van der Waals surface area (Å²) in [6, 6.07) is 8.83. The van der Waals surface area contributed by atoms with Crippen molar-refractivity contribution in [3.05, 3.63) is 29.8 Å². The van der Waals surface area contributed by atoms with Gasteiger partial charge in [0.05, 0.1) is 6.61 Å². The third kappa shape index (κ3) is 2.35. The van der Waals surface area contributed by atoms with E-state index in [1.54, 1.807) is 0 Å². The lowest BCUT2D eigenvalue weighted by Crippen LogP contribution is -2.22. The molecular weight excluding hydrogens is 246 g/mol. The van der Waals surface area contributed by atoms with Crippen molar-refractivity contribution in [2.24, 2.45) is 16.7 Å². The van der Waals surface area contributed by atoms with Gasteiger partial charge >= 0.3 is 0 Å². The summed E-state index contributed by atoms with van der Waals surface area (Å²) in [4.78, 5) is 0. The maximum atomic E-state index is 5.94. The molecule has 0 aromatic heterocycles. The first-order valence-corrected chi connectivity index (χ1v) is 7.77. The topological polar surface area (TPSA) is 21.3 Å². The summed E-state index contributed by atoms with van der Waals surface area (Å²) in [5, 5.41) is 3.53. The summed E-state index contributed by atoms with van der Waals surface area (Å²) in [5.41, 5.74) is 2.02. The molecule has 0 amide bonds. The molecule has 0 heterocycles. The van der Waals surface area contributed by atoms with Crippen LogP contribution in [0.15, 0.2) is 24.3 Å². The van der Waals surface area contributed by atoms with Gasteiger partial charge in [0.2, 0.25) is 0 Å². The first-order valence-electron chi connectivity index (χ1n) is 7.77. The van der Waals surface area contributed by atoms with E-state index in [1.165, 1.54) is 5.56 Å². The van der Waals surface area contributed by atoms with Crippen LogP contribution < -0.4 is 10.1 Å². The Morgan fingerprint density at radius 2 is 1.75 bits per heavy atom. The molecule has 1 unspecified atom stereocenters. The largest absolute Gasteiger partial charge is 0.493 e. The molecule has 1 N–H and O–H groups in total. The molecule has 1 aromatic carbocycles. The molecule has 2 nitrogen and oxygen atoms in total. The van der Waals surface area contributed by atoms with Crippen LogP contribution in [0.3, 0.4) is 0 Å². The van der Waals surface area contributed by atoms with Crippen molar-refractivity contribution >= 4 is 0 Å². The highest BCUT2D eigenvalue weighted by Crippen LogP contribution is 2.72. The third-order valence-corrected chi connectivity index (χ3v) is 5.49. The van der Waals surface area contributed by atoms with E-state index in [0.29, 0.717) is 22.8 Å². The molecule has 0 aliphatic heterocycles. The maximum absolute atomic E-state index is 5.94. The standard InChI is InChI=1S/C18H29NO/c1-7-12-20-14-11-9-8-10-13(14)15(19-6)16-17(2,3)18(16,4)5/h8-11,15-16,19H,7,12H2,1-6H3. The first kappa shape index (κ1) is 15.4. The number of ether oxygens (including phenoxy) is 1. The fraction of sp³-hybridized carbons (Fsp3) is 0.667. The van der Waals surface area contributed by atoms with Gasteiger partial charge in [-0.15, -0.1) is 0 Å². The highest BCUT2D eigenvalue weighted by atomic mass is 16.5. The van der Waals surface area contributed by atoms with Crippen LogP contribution in [-0.2, 0) is 0 Å². The number of hydrogen-bond donors (Lipinski definition) is 1. The van der Waals surface area contributed by atoms with E-state index in [0.717, 1.165) is 18.8 Å². The average Bonchev–Trinajstić information content (AvgIpc) is 2.81. The normalized spacial score (nSPS) is 21.5. The highest BCUT2D eigenvalue weighted by molar-refractivity contribution is 5.39. The third-order valence-electron chi connectivity index (χ3n) is 5.49. The Bertz CT molecular complexity index is 450. The van der Waals surface area contributed by atoms with Gasteiger partial charge in [-0.3, -0.25) is 0 Å². The molecule has 2 heteroatoms. The van der Waals surface area contributed by atoms with Crippen molar-refractivity contribution in [2.75, 3.05) is 13.7 Å². The predicted molar refractivity (Wildman–Crippen MR) is 85.1 cm³/mol. The zero-order valence-electron chi connectivity index (χ0n) is 13.8. The number of benzene rings is 1. The van der Waals surface area contributed by atoms with E-state index in [9.17, 15) is 0 Å². The summed E-state index contributed by atoms with van der Waals surface area (Å²) in [5.74, 6) is 1.67. The molecule has 0 spiro atoms. The second-order valence-corrected chi connectivity index (χ2v) is 7.07. The summed E-state index contributed by atoms with van der Waals surface area (Å²) >= 11 is 0. The van der Waals surface area contributed by atoms with Crippen molar-refractivity contribution in [1.29, 1.82) is 0 Å². The van der Waals surface area contributed by atoms with Gasteiger partial charge in [-0.1, -0.05) is 52.8 Å². The molecule has 0 radical (unpaired) electrons. The Balaban J connectivity index is 2.30. The van der Waals surface area contributed by atoms with E-state index in [-0.39, 0.29) is 0 Å². The van der Waals surface area contributed by atoms with Crippen LogP contribution in [0.1, 0.15) is 52.6 Å². The predicted octanol–water partition coefficient (Wildman–Crippen LogP) is 4.42. The van der Waals surface area contributed by atoms with Gasteiger partial charge in [-0.05, 0) is 36.3 Å². The molecule has 0 bridgehead atoms. The van der Waals surface area contributed by atoms with Crippen LogP contribution in [-0.4, -0.2) is 13.7 Å². The number of rotatable bonds is 6. The van der Waals surface area contributed by atoms with E-state index in [4.69, 9.17) is 4.74 Å². The Morgan fingerprint density at radius 1 is 1.15 bits per heavy atom. The summed E-state index contributed by atoms with van der Waals surface area (Å²) < 4.78 is 5.94. The van der Waals surface area contributed by atoms with Gasteiger partial charge in [0, 0.05) is 11.6 Å². The van der Waals surface area contributed by atoms with Gasteiger partial charge in [0.1, 0.15) is 5.75 Å². The van der Waals surface area contributed by atoms with E-state index < -0.39 is 0 Å². The van der Waals surface area contributed by atoms with Gasteiger partial charge in [-0.2, -0.15) is 0 Å². The Labute approximate surface area is 123 Å². The van der Waals surface area contributed by atoms with Gasteiger partial charge in [0.25, 0.3) is 0 Å². The summed E-state index contributed by atoms with van der Waals surface area (Å²) in [7, 11) is 2.06. The van der Waals surface area contributed by atoms with E-state index in [2.05, 4.69) is 71.2 Å². The van der Waals surface area contributed by atoms with Gasteiger partial charge in [-0.25, -0.2) is 0 Å². The second kappa shape index (κ2) is 5.40. The van der Waals surface area contributed by atoms with Crippen LogP contribution in [0.4, 0.5) is 0 Å². The molecule has 1 aromatic rings. The van der Waals surface area contributed by atoms with Crippen LogP contribution in [0.25, 0.3) is 0 Å².